The highest BCUT2D eigenvalue weighted by Gasteiger charge is 2.37. The molecule has 2 aliphatic rings. The van der Waals surface area contributed by atoms with Gasteiger partial charge in [0.05, 0.1) is 12.0 Å². The zero-order chi connectivity index (χ0) is 9.26. The van der Waals surface area contributed by atoms with Gasteiger partial charge in [0.1, 0.15) is 12.1 Å². The van der Waals surface area contributed by atoms with Gasteiger partial charge < -0.3 is 4.79 Å². The van der Waals surface area contributed by atoms with Crippen LogP contribution in [-0.4, -0.2) is 24.3 Å². The number of aliphatic imine (C=N–C) groups is 1. The number of nitrogens with zero attached hydrogens (tertiary/aromatic N) is 1. The molecule has 68 valence electrons. The van der Waals surface area contributed by atoms with E-state index in [1.54, 1.807) is 12.3 Å². The van der Waals surface area contributed by atoms with Crippen molar-refractivity contribution in [1.29, 1.82) is 0 Å². The largest absolute Gasteiger partial charge is 0.303 e. The van der Waals surface area contributed by atoms with Crippen LogP contribution in [0.5, 0.6) is 0 Å². The first kappa shape index (κ1) is 8.35. The van der Waals surface area contributed by atoms with E-state index in [1.165, 1.54) is 0 Å². The first-order chi connectivity index (χ1) is 6.33. The molecule has 0 radical (unpaired) electrons. The Labute approximate surface area is 76.5 Å². The van der Waals surface area contributed by atoms with E-state index in [0.29, 0.717) is 12.8 Å². The molecular formula is C10H11NO2. The standard InChI is InChI=1S/C10H11NO2/c12-6-7-3-4-9(13)8-2-1-5-11-10(7)8/h1-2,5-8,10H,3-4H2. The molecule has 3 unspecified atom stereocenters. The van der Waals surface area contributed by atoms with Crippen molar-refractivity contribution in [3.05, 3.63) is 12.2 Å². The first-order valence-corrected chi connectivity index (χ1v) is 4.51. The van der Waals surface area contributed by atoms with Crippen LogP contribution < -0.4 is 0 Å². The molecule has 0 aromatic heterocycles. The third-order valence-corrected chi connectivity index (χ3v) is 2.74. The summed E-state index contributed by atoms with van der Waals surface area (Å²) in [6.45, 7) is 0. The lowest BCUT2D eigenvalue weighted by molar-refractivity contribution is -0.126. The summed E-state index contributed by atoms with van der Waals surface area (Å²) in [5.74, 6) is 0.00838. The molecule has 0 aromatic rings. The molecule has 0 bridgehead atoms. The fourth-order valence-electron chi connectivity index (χ4n) is 1.99. The van der Waals surface area contributed by atoms with Gasteiger partial charge in [-0.2, -0.15) is 0 Å². The Balaban J connectivity index is 2.25. The van der Waals surface area contributed by atoms with Crippen LogP contribution in [0.3, 0.4) is 0 Å². The minimum atomic E-state index is -0.144. The predicted molar refractivity (Wildman–Crippen MR) is 48.7 cm³/mol. The Hall–Kier alpha value is -1.25. The van der Waals surface area contributed by atoms with Crippen molar-refractivity contribution < 1.29 is 9.59 Å². The Morgan fingerprint density at radius 1 is 1.54 bits per heavy atom. The Morgan fingerprint density at radius 2 is 2.38 bits per heavy atom. The summed E-state index contributed by atoms with van der Waals surface area (Å²) in [6.07, 6.45) is 7.43. The van der Waals surface area contributed by atoms with Crippen molar-refractivity contribution in [2.45, 2.75) is 18.9 Å². The molecule has 0 aromatic carbocycles. The summed E-state index contributed by atoms with van der Waals surface area (Å²) >= 11 is 0. The topological polar surface area (TPSA) is 46.5 Å². The molecule has 0 amide bonds. The van der Waals surface area contributed by atoms with Gasteiger partial charge in [-0.15, -0.1) is 0 Å². The van der Waals surface area contributed by atoms with Crippen molar-refractivity contribution in [2.75, 3.05) is 0 Å². The van der Waals surface area contributed by atoms with Gasteiger partial charge in [0.15, 0.2) is 0 Å². The zero-order valence-electron chi connectivity index (χ0n) is 7.22. The van der Waals surface area contributed by atoms with E-state index in [9.17, 15) is 9.59 Å². The van der Waals surface area contributed by atoms with Crippen molar-refractivity contribution in [3.63, 3.8) is 0 Å². The molecule has 0 spiro atoms. The van der Waals surface area contributed by atoms with Gasteiger partial charge in [-0.25, -0.2) is 0 Å². The number of aldehydes is 1. The van der Waals surface area contributed by atoms with Crippen LogP contribution in [0.25, 0.3) is 0 Å². The van der Waals surface area contributed by atoms with Crippen LogP contribution in [0.4, 0.5) is 0 Å². The van der Waals surface area contributed by atoms with Gasteiger partial charge >= 0.3 is 0 Å². The van der Waals surface area contributed by atoms with E-state index in [2.05, 4.69) is 4.99 Å². The molecule has 3 heteroatoms. The third-order valence-electron chi connectivity index (χ3n) is 2.74. The van der Waals surface area contributed by atoms with Crippen LogP contribution in [0.2, 0.25) is 0 Å². The fourth-order valence-corrected chi connectivity index (χ4v) is 1.99. The molecule has 13 heavy (non-hydrogen) atoms. The highest BCUT2D eigenvalue weighted by atomic mass is 16.1. The number of hydrogen-bond donors (Lipinski definition) is 0. The Morgan fingerprint density at radius 3 is 3.15 bits per heavy atom. The molecule has 0 N–H and O–H groups in total. The quantitative estimate of drug-likeness (QED) is 0.556. The van der Waals surface area contributed by atoms with Gasteiger partial charge in [-0.3, -0.25) is 9.79 Å². The average molecular weight is 177 g/mol. The third kappa shape index (κ3) is 1.34. The van der Waals surface area contributed by atoms with Crippen molar-refractivity contribution in [2.24, 2.45) is 16.8 Å². The van der Waals surface area contributed by atoms with E-state index in [0.717, 1.165) is 6.29 Å². The average Bonchev–Trinajstić information content (AvgIpc) is 2.19. The lowest BCUT2D eigenvalue weighted by Crippen LogP contribution is -2.39. The number of carbonyl (C=O) groups excluding carboxylic acids is 2. The first-order valence-electron chi connectivity index (χ1n) is 4.51. The number of hydrogen-bond acceptors (Lipinski definition) is 3. The van der Waals surface area contributed by atoms with Gasteiger partial charge in [-0.05, 0) is 12.5 Å². The summed E-state index contributed by atoms with van der Waals surface area (Å²) in [4.78, 5) is 26.4. The highest BCUT2D eigenvalue weighted by molar-refractivity contribution is 5.88. The van der Waals surface area contributed by atoms with E-state index in [1.807, 2.05) is 6.08 Å². The number of dihydropyridines is 1. The van der Waals surface area contributed by atoms with Gasteiger partial charge in [-0.1, -0.05) is 6.08 Å². The normalized spacial score (nSPS) is 37.2. The Kier molecular flexibility index (Phi) is 2.08. The molecule has 0 saturated heterocycles. The van der Waals surface area contributed by atoms with Crippen molar-refractivity contribution >= 4 is 18.3 Å². The van der Waals surface area contributed by atoms with E-state index in [-0.39, 0.29) is 23.7 Å². The number of ketones is 1. The lowest BCUT2D eigenvalue weighted by Gasteiger charge is -2.31. The molecule has 1 aliphatic carbocycles. The van der Waals surface area contributed by atoms with Crippen LogP contribution in [-0.2, 0) is 9.59 Å². The summed E-state index contributed by atoms with van der Waals surface area (Å²) in [6, 6.07) is -0.122. The maximum atomic E-state index is 11.4. The van der Waals surface area contributed by atoms with Crippen LogP contribution in [0.1, 0.15) is 12.8 Å². The number of rotatable bonds is 1. The fraction of sp³-hybridized carbons (Fsp3) is 0.500. The van der Waals surface area contributed by atoms with E-state index < -0.39 is 0 Å². The molecule has 1 heterocycles. The lowest BCUT2D eigenvalue weighted by atomic mass is 9.76. The van der Waals surface area contributed by atoms with Gasteiger partial charge in [0.2, 0.25) is 0 Å². The van der Waals surface area contributed by atoms with Crippen molar-refractivity contribution in [1.82, 2.24) is 0 Å². The minimum Gasteiger partial charge on any atom is -0.303 e. The molecule has 3 nitrogen and oxygen atoms in total. The molecule has 1 saturated carbocycles. The van der Waals surface area contributed by atoms with E-state index >= 15 is 0 Å². The number of Topliss-reactive ketones (excluding diaryl/α,β-unsaturated/α-hetero) is 1. The monoisotopic (exact) mass is 177 g/mol. The summed E-state index contributed by atoms with van der Waals surface area (Å²) in [5.41, 5.74) is 0. The predicted octanol–water partition coefficient (Wildman–Crippen LogP) is 0.790. The zero-order valence-corrected chi connectivity index (χ0v) is 7.22. The molecule has 1 aliphatic heterocycles. The van der Waals surface area contributed by atoms with Crippen LogP contribution in [0, 0.1) is 11.8 Å². The number of fused-ring (bicyclic) bond motifs is 1. The molecule has 1 fully saturated rings. The highest BCUT2D eigenvalue weighted by Crippen LogP contribution is 2.30. The van der Waals surface area contributed by atoms with Gasteiger partial charge in [0, 0.05) is 18.6 Å². The maximum Gasteiger partial charge on any atom is 0.141 e. The van der Waals surface area contributed by atoms with Crippen LogP contribution in [0.15, 0.2) is 17.1 Å². The van der Waals surface area contributed by atoms with Gasteiger partial charge in [0.25, 0.3) is 0 Å². The van der Waals surface area contributed by atoms with E-state index in [4.69, 9.17) is 0 Å². The minimum absolute atomic E-state index is 0.0658. The second-order valence-corrected chi connectivity index (χ2v) is 3.50. The molecule has 3 atom stereocenters. The molecule has 2 rings (SSSR count). The second kappa shape index (κ2) is 3.24. The summed E-state index contributed by atoms with van der Waals surface area (Å²) < 4.78 is 0. The Bertz CT molecular complexity index is 293. The SMILES string of the molecule is O=CC1CCC(=O)C2C=CC=NC12. The summed E-state index contributed by atoms with van der Waals surface area (Å²) in [7, 11) is 0. The maximum absolute atomic E-state index is 11.4. The van der Waals surface area contributed by atoms with Crippen molar-refractivity contribution in [3.8, 4) is 0 Å². The second-order valence-electron chi connectivity index (χ2n) is 3.50. The molecular weight excluding hydrogens is 166 g/mol. The summed E-state index contributed by atoms with van der Waals surface area (Å²) in [5, 5.41) is 0. The van der Waals surface area contributed by atoms with Crippen LogP contribution >= 0.6 is 0 Å². The number of allylic oxidation sites excluding steroid dienone is 1. The number of carbonyl (C=O) groups is 2. The smallest absolute Gasteiger partial charge is 0.141 e.